The van der Waals surface area contributed by atoms with Gasteiger partial charge in [0.1, 0.15) is 5.75 Å². The number of aliphatic hydroxyl groups is 1. The summed E-state index contributed by atoms with van der Waals surface area (Å²) in [6.07, 6.45) is -4.36. The van der Waals surface area contributed by atoms with Gasteiger partial charge >= 0.3 is 6.36 Å². The van der Waals surface area contributed by atoms with Crippen molar-refractivity contribution in [2.75, 3.05) is 13.1 Å². The van der Waals surface area contributed by atoms with E-state index in [1.165, 1.54) is 12.1 Å². The number of benzene rings is 1. The lowest BCUT2D eigenvalue weighted by molar-refractivity contribution is -0.274. The van der Waals surface area contributed by atoms with Gasteiger partial charge in [0, 0.05) is 24.6 Å². The van der Waals surface area contributed by atoms with Crippen LogP contribution in [0.4, 0.5) is 13.2 Å². The highest BCUT2D eigenvalue weighted by atomic mass is 19.4. The number of hydrogen-bond donors (Lipinski definition) is 1. The normalized spacial score (nSPS) is 28.0. The van der Waals surface area contributed by atoms with E-state index in [1.807, 2.05) is 0 Å². The molecule has 1 saturated heterocycles. The number of rotatable bonds is 2. The Hall–Kier alpha value is -1.76. The number of carbonyl (C=O) groups excluding carboxylic acids is 1. The first kappa shape index (κ1) is 14.2. The Kier molecular flexibility index (Phi) is 3.32. The van der Waals surface area contributed by atoms with E-state index in [2.05, 4.69) is 4.74 Å². The predicted molar refractivity (Wildman–Crippen MR) is 66.6 cm³/mol. The molecule has 1 aromatic rings. The zero-order chi connectivity index (χ0) is 15.2. The largest absolute Gasteiger partial charge is 0.573 e. The number of ether oxygens (including phenoxy) is 1. The van der Waals surface area contributed by atoms with Gasteiger partial charge in [0.2, 0.25) is 0 Å². The van der Waals surface area contributed by atoms with E-state index in [0.29, 0.717) is 31.0 Å². The van der Waals surface area contributed by atoms with Crippen LogP contribution in [0.2, 0.25) is 0 Å². The zero-order valence-electron chi connectivity index (χ0n) is 11.0. The van der Waals surface area contributed by atoms with E-state index in [9.17, 15) is 23.1 Å². The molecule has 21 heavy (non-hydrogen) atoms. The Balaban J connectivity index is 1.65. The maximum Gasteiger partial charge on any atom is 0.573 e. The Morgan fingerprint density at radius 3 is 2.43 bits per heavy atom. The second-order valence-electron chi connectivity index (χ2n) is 5.51. The SMILES string of the molecule is O=C(c1ccc(OC(F)(F)F)cc1)N1C[C@H]2C[C@H](O)[C@H]2C1. The van der Waals surface area contributed by atoms with Gasteiger partial charge in [0.25, 0.3) is 5.91 Å². The Morgan fingerprint density at radius 2 is 1.90 bits per heavy atom. The number of carbonyl (C=O) groups is 1. The van der Waals surface area contributed by atoms with Crippen molar-refractivity contribution >= 4 is 5.91 Å². The van der Waals surface area contributed by atoms with Crippen LogP contribution in [0.25, 0.3) is 0 Å². The van der Waals surface area contributed by atoms with Crippen LogP contribution >= 0.6 is 0 Å². The molecule has 1 amide bonds. The van der Waals surface area contributed by atoms with E-state index in [-0.39, 0.29) is 23.7 Å². The molecule has 0 spiro atoms. The number of fused-ring (bicyclic) bond motifs is 1. The van der Waals surface area contributed by atoms with E-state index in [0.717, 1.165) is 12.1 Å². The highest BCUT2D eigenvalue weighted by Gasteiger charge is 2.47. The maximum atomic E-state index is 12.3. The molecule has 1 heterocycles. The van der Waals surface area contributed by atoms with Crippen molar-refractivity contribution in [2.24, 2.45) is 11.8 Å². The van der Waals surface area contributed by atoms with Crippen LogP contribution < -0.4 is 4.74 Å². The lowest BCUT2D eigenvalue weighted by Crippen LogP contribution is -2.39. The molecule has 3 rings (SSSR count). The third kappa shape index (κ3) is 2.83. The molecular weight excluding hydrogens is 287 g/mol. The minimum Gasteiger partial charge on any atom is -0.406 e. The lowest BCUT2D eigenvalue weighted by atomic mass is 9.74. The molecule has 0 radical (unpaired) electrons. The van der Waals surface area contributed by atoms with Crippen LogP contribution in [0.5, 0.6) is 5.75 Å². The molecule has 4 nitrogen and oxygen atoms in total. The summed E-state index contributed by atoms with van der Waals surface area (Å²) in [7, 11) is 0. The summed E-state index contributed by atoms with van der Waals surface area (Å²) in [5.41, 5.74) is 0.320. The van der Waals surface area contributed by atoms with Crippen LogP contribution in [-0.4, -0.2) is 41.5 Å². The summed E-state index contributed by atoms with van der Waals surface area (Å²) in [6.45, 7) is 1.10. The minimum absolute atomic E-state index is 0.141. The number of aliphatic hydroxyl groups excluding tert-OH is 1. The highest BCUT2D eigenvalue weighted by molar-refractivity contribution is 5.94. The van der Waals surface area contributed by atoms with Gasteiger partial charge in [-0.25, -0.2) is 0 Å². The molecule has 0 unspecified atom stereocenters. The van der Waals surface area contributed by atoms with Gasteiger partial charge < -0.3 is 14.7 Å². The molecule has 0 bridgehead atoms. The third-order valence-corrected chi connectivity index (χ3v) is 4.15. The number of amides is 1. The molecule has 1 aromatic carbocycles. The third-order valence-electron chi connectivity index (χ3n) is 4.15. The first-order chi connectivity index (χ1) is 9.83. The van der Waals surface area contributed by atoms with Gasteiger partial charge in [-0.2, -0.15) is 0 Å². The maximum absolute atomic E-state index is 12.3. The molecule has 2 aliphatic rings. The molecule has 7 heteroatoms. The number of nitrogens with zero attached hydrogens (tertiary/aromatic N) is 1. The Labute approximate surface area is 119 Å². The van der Waals surface area contributed by atoms with Gasteiger partial charge in [0.15, 0.2) is 0 Å². The summed E-state index contributed by atoms with van der Waals surface area (Å²) >= 11 is 0. The monoisotopic (exact) mass is 301 g/mol. The van der Waals surface area contributed by atoms with E-state index in [4.69, 9.17) is 0 Å². The zero-order valence-corrected chi connectivity index (χ0v) is 11.0. The van der Waals surface area contributed by atoms with Gasteiger partial charge in [-0.3, -0.25) is 4.79 Å². The molecule has 2 fully saturated rings. The van der Waals surface area contributed by atoms with E-state index < -0.39 is 6.36 Å². The van der Waals surface area contributed by atoms with Crippen molar-refractivity contribution in [3.8, 4) is 5.75 Å². The van der Waals surface area contributed by atoms with Crippen molar-refractivity contribution in [3.63, 3.8) is 0 Å². The van der Waals surface area contributed by atoms with Crippen molar-refractivity contribution in [3.05, 3.63) is 29.8 Å². The summed E-state index contributed by atoms with van der Waals surface area (Å²) < 4.78 is 39.9. The van der Waals surface area contributed by atoms with Crippen LogP contribution in [0.15, 0.2) is 24.3 Å². The number of alkyl halides is 3. The van der Waals surface area contributed by atoms with Crippen molar-refractivity contribution in [1.29, 1.82) is 0 Å². The molecule has 0 aromatic heterocycles. The van der Waals surface area contributed by atoms with Crippen LogP contribution in [0, 0.1) is 11.8 Å². The molecule has 1 aliphatic carbocycles. The standard InChI is InChI=1S/C14H14F3NO3/c15-14(16,17)21-10-3-1-8(2-4-10)13(20)18-6-9-5-12(19)11(9)7-18/h1-4,9,11-12,19H,5-7H2/t9-,11+,12+/m1/s1. The van der Waals surface area contributed by atoms with Gasteiger partial charge in [-0.15, -0.1) is 13.2 Å². The second-order valence-corrected chi connectivity index (χ2v) is 5.51. The topological polar surface area (TPSA) is 49.8 Å². The minimum atomic E-state index is -4.74. The first-order valence-corrected chi connectivity index (χ1v) is 6.66. The predicted octanol–water partition coefficient (Wildman–Crippen LogP) is 2.04. The molecule has 3 atom stereocenters. The van der Waals surface area contributed by atoms with Crippen LogP contribution in [-0.2, 0) is 0 Å². The van der Waals surface area contributed by atoms with Crippen molar-refractivity contribution in [2.45, 2.75) is 18.9 Å². The molecule has 1 aliphatic heterocycles. The number of halogens is 3. The first-order valence-electron chi connectivity index (χ1n) is 6.66. The lowest BCUT2D eigenvalue weighted by Gasteiger charge is -2.34. The van der Waals surface area contributed by atoms with Gasteiger partial charge in [-0.05, 0) is 36.6 Å². The van der Waals surface area contributed by atoms with Gasteiger partial charge in [-0.1, -0.05) is 0 Å². The molecule has 1 saturated carbocycles. The van der Waals surface area contributed by atoms with Crippen LogP contribution in [0.3, 0.4) is 0 Å². The fourth-order valence-electron chi connectivity index (χ4n) is 3.02. The highest BCUT2D eigenvalue weighted by Crippen LogP contribution is 2.41. The fourth-order valence-corrected chi connectivity index (χ4v) is 3.02. The van der Waals surface area contributed by atoms with E-state index >= 15 is 0 Å². The summed E-state index contributed by atoms with van der Waals surface area (Å²) in [4.78, 5) is 13.9. The quantitative estimate of drug-likeness (QED) is 0.909. The average Bonchev–Trinajstić information content (AvgIpc) is 2.74. The Bertz CT molecular complexity index is 543. The average molecular weight is 301 g/mol. The molecule has 114 valence electrons. The summed E-state index contributed by atoms with van der Waals surface area (Å²) in [5.74, 6) is -0.0929. The van der Waals surface area contributed by atoms with E-state index in [1.54, 1.807) is 4.90 Å². The second kappa shape index (κ2) is 4.91. The number of likely N-dealkylation sites (tertiary alicyclic amines) is 1. The summed E-state index contributed by atoms with van der Waals surface area (Å²) in [6, 6.07) is 4.89. The van der Waals surface area contributed by atoms with Crippen molar-refractivity contribution < 1.29 is 27.8 Å². The van der Waals surface area contributed by atoms with Gasteiger partial charge in [0.05, 0.1) is 6.10 Å². The summed E-state index contributed by atoms with van der Waals surface area (Å²) in [5, 5.41) is 9.57. The fraction of sp³-hybridized carbons (Fsp3) is 0.500. The Morgan fingerprint density at radius 1 is 1.24 bits per heavy atom. The number of hydrogen-bond acceptors (Lipinski definition) is 3. The smallest absolute Gasteiger partial charge is 0.406 e. The van der Waals surface area contributed by atoms with Crippen LogP contribution in [0.1, 0.15) is 16.8 Å². The molecule has 1 N–H and O–H groups in total. The van der Waals surface area contributed by atoms with Crippen molar-refractivity contribution in [1.82, 2.24) is 4.90 Å². The molecular formula is C14H14F3NO3.